The van der Waals surface area contributed by atoms with Gasteiger partial charge in [0.15, 0.2) is 0 Å². The van der Waals surface area contributed by atoms with Crippen LogP contribution in [0.2, 0.25) is 0 Å². The fourth-order valence-electron chi connectivity index (χ4n) is 5.45. The maximum Gasteiger partial charge on any atom is 0.122 e. The van der Waals surface area contributed by atoms with Crippen LogP contribution in [0.1, 0.15) is 69.3 Å². The molecule has 1 saturated carbocycles. The first-order valence-corrected chi connectivity index (χ1v) is 9.27. The van der Waals surface area contributed by atoms with Crippen LogP contribution in [0.15, 0.2) is 24.3 Å². The number of benzene rings is 1. The van der Waals surface area contributed by atoms with Gasteiger partial charge in [-0.2, -0.15) is 0 Å². The number of nitrogens with zero attached hydrogens (tertiary/aromatic N) is 1. The van der Waals surface area contributed by atoms with Crippen molar-refractivity contribution in [2.75, 3.05) is 7.11 Å². The Morgan fingerprint density at radius 1 is 0.864 bits per heavy atom. The lowest BCUT2D eigenvalue weighted by molar-refractivity contribution is 0.0564. The first kappa shape index (κ1) is 14.6. The Morgan fingerprint density at radius 3 is 2.23 bits per heavy atom. The molecule has 2 aliphatic heterocycles. The zero-order chi connectivity index (χ0) is 14.9. The van der Waals surface area contributed by atoms with Crippen LogP contribution in [0.4, 0.5) is 0 Å². The Hall–Kier alpha value is -1.02. The van der Waals surface area contributed by atoms with E-state index < -0.39 is 0 Å². The molecule has 3 atom stereocenters. The van der Waals surface area contributed by atoms with E-state index in [1.165, 1.54) is 63.4 Å². The minimum Gasteiger partial charge on any atom is -0.496 e. The molecule has 0 radical (unpaired) electrons. The molecule has 0 spiro atoms. The van der Waals surface area contributed by atoms with Crippen molar-refractivity contribution in [3.8, 4) is 5.75 Å². The van der Waals surface area contributed by atoms with E-state index in [1.807, 2.05) is 7.11 Å². The number of methoxy groups -OCH3 is 1. The van der Waals surface area contributed by atoms with Crippen molar-refractivity contribution in [1.29, 1.82) is 0 Å². The molecule has 1 aliphatic carbocycles. The summed E-state index contributed by atoms with van der Waals surface area (Å²) < 4.78 is 5.62. The molecule has 1 aromatic rings. The summed E-state index contributed by atoms with van der Waals surface area (Å²) in [4.78, 5) is 2.95. The van der Waals surface area contributed by atoms with E-state index in [0.29, 0.717) is 5.92 Å². The van der Waals surface area contributed by atoms with Crippen LogP contribution in [-0.4, -0.2) is 30.1 Å². The summed E-state index contributed by atoms with van der Waals surface area (Å²) in [7, 11) is 1.81. The van der Waals surface area contributed by atoms with Crippen LogP contribution in [0, 0.1) is 0 Å². The van der Waals surface area contributed by atoms with Gasteiger partial charge < -0.3 is 4.74 Å². The first-order valence-electron chi connectivity index (χ1n) is 9.27. The van der Waals surface area contributed by atoms with E-state index in [4.69, 9.17) is 4.74 Å². The maximum absolute atomic E-state index is 5.62. The summed E-state index contributed by atoms with van der Waals surface area (Å²) in [6, 6.07) is 11.2. The van der Waals surface area contributed by atoms with Gasteiger partial charge in [-0.3, -0.25) is 4.90 Å². The fourth-order valence-corrected chi connectivity index (χ4v) is 5.45. The van der Waals surface area contributed by atoms with Gasteiger partial charge in [0.1, 0.15) is 5.75 Å². The Kier molecular flexibility index (Phi) is 4.13. The van der Waals surface area contributed by atoms with Crippen molar-refractivity contribution in [3.05, 3.63) is 29.8 Å². The second-order valence-corrected chi connectivity index (χ2v) is 7.53. The monoisotopic (exact) mass is 299 g/mol. The average molecular weight is 299 g/mol. The lowest BCUT2D eigenvalue weighted by Gasteiger charge is -2.45. The van der Waals surface area contributed by atoms with Gasteiger partial charge in [0, 0.05) is 18.1 Å². The second-order valence-electron chi connectivity index (χ2n) is 7.53. The van der Waals surface area contributed by atoms with E-state index >= 15 is 0 Å². The minimum absolute atomic E-state index is 0.702. The largest absolute Gasteiger partial charge is 0.496 e. The number of rotatable bonds is 3. The van der Waals surface area contributed by atoms with E-state index in [1.54, 1.807) is 0 Å². The molecule has 1 aromatic carbocycles. The molecule has 3 fully saturated rings. The van der Waals surface area contributed by atoms with Crippen molar-refractivity contribution >= 4 is 0 Å². The standard InChI is InChI=1S/C20H29NO/c1-22-20-10-6-5-9-19(20)15-13-17-11-12-18(14-15)21(17)16-7-3-2-4-8-16/h5-6,9-10,15-18H,2-4,7-8,11-14H2,1H3/t15?,17-,18+. The molecule has 3 aliphatic rings. The Labute approximate surface area is 134 Å². The molecule has 2 heteroatoms. The van der Waals surface area contributed by atoms with Gasteiger partial charge in [0.25, 0.3) is 0 Å². The zero-order valence-corrected chi connectivity index (χ0v) is 13.8. The third-order valence-corrected chi connectivity index (χ3v) is 6.36. The van der Waals surface area contributed by atoms with Crippen LogP contribution < -0.4 is 4.74 Å². The highest BCUT2D eigenvalue weighted by Gasteiger charge is 2.44. The second kappa shape index (κ2) is 6.23. The Balaban J connectivity index is 1.52. The van der Waals surface area contributed by atoms with Crippen LogP contribution in [0.3, 0.4) is 0 Å². The molecule has 0 amide bonds. The minimum atomic E-state index is 0.702. The Morgan fingerprint density at radius 2 is 1.55 bits per heavy atom. The number of hydrogen-bond acceptors (Lipinski definition) is 2. The molecule has 2 nitrogen and oxygen atoms in total. The summed E-state index contributed by atoms with van der Waals surface area (Å²) in [6.07, 6.45) is 12.8. The van der Waals surface area contributed by atoms with Gasteiger partial charge in [-0.05, 0) is 56.1 Å². The number of hydrogen-bond donors (Lipinski definition) is 0. The van der Waals surface area contributed by atoms with E-state index in [0.717, 1.165) is 23.9 Å². The highest BCUT2D eigenvalue weighted by molar-refractivity contribution is 5.37. The number of piperidine rings is 1. The van der Waals surface area contributed by atoms with Crippen molar-refractivity contribution in [2.45, 2.75) is 81.8 Å². The molecule has 2 heterocycles. The molecule has 120 valence electrons. The van der Waals surface area contributed by atoms with Crippen LogP contribution >= 0.6 is 0 Å². The topological polar surface area (TPSA) is 12.5 Å². The summed E-state index contributed by atoms with van der Waals surface area (Å²) in [5.74, 6) is 1.80. The van der Waals surface area contributed by atoms with Crippen LogP contribution in [0.25, 0.3) is 0 Å². The van der Waals surface area contributed by atoms with E-state index in [-0.39, 0.29) is 0 Å². The molecule has 2 bridgehead atoms. The van der Waals surface area contributed by atoms with Gasteiger partial charge in [0.2, 0.25) is 0 Å². The lowest BCUT2D eigenvalue weighted by atomic mass is 9.82. The van der Waals surface area contributed by atoms with Crippen molar-refractivity contribution in [3.63, 3.8) is 0 Å². The average Bonchev–Trinajstić information content (AvgIpc) is 2.85. The molecule has 4 rings (SSSR count). The Bertz CT molecular complexity index is 494. The van der Waals surface area contributed by atoms with Gasteiger partial charge in [-0.15, -0.1) is 0 Å². The molecule has 0 N–H and O–H groups in total. The molecule has 22 heavy (non-hydrogen) atoms. The highest BCUT2D eigenvalue weighted by atomic mass is 16.5. The normalized spacial score (nSPS) is 33.0. The maximum atomic E-state index is 5.62. The van der Waals surface area contributed by atoms with Crippen LogP contribution in [-0.2, 0) is 0 Å². The van der Waals surface area contributed by atoms with Crippen molar-refractivity contribution in [1.82, 2.24) is 4.90 Å². The first-order chi connectivity index (χ1) is 10.9. The predicted octanol–water partition coefficient (Wildman–Crippen LogP) is 4.74. The van der Waals surface area contributed by atoms with Gasteiger partial charge in [0.05, 0.1) is 7.11 Å². The summed E-state index contributed by atoms with van der Waals surface area (Å²) >= 11 is 0. The molecule has 2 saturated heterocycles. The summed E-state index contributed by atoms with van der Waals surface area (Å²) in [5, 5.41) is 0. The summed E-state index contributed by atoms with van der Waals surface area (Å²) in [6.45, 7) is 0. The van der Waals surface area contributed by atoms with Crippen LogP contribution in [0.5, 0.6) is 5.75 Å². The fraction of sp³-hybridized carbons (Fsp3) is 0.700. The smallest absolute Gasteiger partial charge is 0.122 e. The lowest BCUT2D eigenvalue weighted by Crippen LogP contribution is -2.49. The predicted molar refractivity (Wildman–Crippen MR) is 90.5 cm³/mol. The highest BCUT2D eigenvalue weighted by Crippen LogP contribution is 2.47. The molecular formula is C20H29NO. The van der Waals surface area contributed by atoms with Crippen molar-refractivity contribution < 1.29 is 4.74 Å². The molecule has 1 unspecified atom stereocenters. The third kappa shape index (κ3) is 2.56. The number of para-hydroxylation sites is 1. The zero-order valence-electron chi connectivity index (χ0n) is 13.8. The van der Waals surface area contributed by atoms with E-state index in [9.17, 15) is 0 Å². The van der Waals surface area contributed by atoms with Gasteiger partial charge >= 0.3 is 0 Å². The van der Waals surface area contributed by atoms with Crippen molar-refractivity contribution in [2.24, 2.45) is 0 Å². The third-order valence-electron chi connectivity index (χ3n) is 6.36. The van der Waals surface area contributed by atoms with E-state index in [2.05, 4.69) is 29.2 Å². The number of ether oxygens (including phenoxy) is 1. The number of fused-ring (bicyclic) bond motifs is 2. The summed E-state index contributed by atoms with van der Waals surface area (Å²) in [5.41, 5.74) is 1.45. The SMILES string of the molecule is COc1ccccc1C1C[C@H]2CC[C@@H](C1)N2C1CCCCC1. The molecular weight excluding hydrogens is 270 g/mol. The quantitative estimate of drug-likeness (QED) is 0.799. The molecule has 0 aromatic heterocycles. The van der Waals surface area contributed by atoms with Gasteiger partial charge in [-0.1, -0.05) is 37.5 Å². The van der Waals surface area contributed by atoms with Gasteiger partial charge in [-0.25, -0.2) is 0 Å².